The van der Waals surface area contributed by atoms with E-state index in [0.717, 1.165) is 56.4 Å². The number of carbonyl (C=O) groups excluding carboxylic acids is 1. The quantitative estimate of drug-likeness (QED) is 0.304. The minimum absolute atomic E-state index is 0.0332. The molecule has 2 aromatic rings. The van der Waals surface area contributed by atoms with Gasteiger partial charge in [0.05, 0.1) is 31.6 Å². The molecule has 0 radical (unpaired) electrons. The summed E-state index contributed by atoms with van der Waals surface area (Å²) in [4.78, 5) is 15.9. The first-order valence-electron chi connectivity index (χ1n) is 16.3. The highest BCUT2D eigenvalue weighted by Gasteiger charge is 2.39. The second-order valence-corrected chi connectivity index (χ2v) is 15.1. The Labute approximate surface area is 278 Å². The molecule has 9 nitrogen and oxygen atoms in total. The molecule has 2 aliphatic heterocycles. The Balaban J connectivity index is 1.54. The fourth-order valence-corrected chi connectivity index (χ4v) is 8.53. The molecule has 2 aromatic carbocycles. The molecule has 1 fully saturated rings. The maximum atomic E-state index is 13.6. The van der Waals surface area contributed by atoms with Crippen LogP contribution in [0.3, 0.4) is 0 Å². The third kappa shape index (κ3) is 8.44. The van der Waals surface area contributed by atoms with Gasteiger partial charge in [0, 0.05) is 37.9 Å². The van der Waals surface area contributed by atoms with Crippen molar-refractivity contribution in [2.75, 3.05) is 52.0 Å². The summed E-state index contributed by atoms with van der Waals surface area (Å²) in [6, 6.07) is 11.1. The molecule has 0 aromatic heterocycles. The van der Waals surface area contributed by atoms with Crippen molar-refractivity contribution in [1.29, 1.82) is 0 Å². The lowest BCUT2D eigenvalue weighted by atomic mass is 9.70. The standard InChI is InChI=1S/C35H47ClN2O7S/c1-24-7-6-9-32(44-18-17-42-2)30-14-11-27(30)21-38-16-5-4-8-25-19-29(36)13-10-28(25)22-45-33-15-12-26(20-31(33)38)35(39)37-46(40,41)34(24)23-43-3/h6,9-10,12-13,15,19-20,24,27,30,32,34H,4-5,7-8,11,14,16-18,21-23H2,1-3H3,(H,37,39)/b9-6+/t24-,27-,30+,32-,34-/m0/s1. The van der Waals surface area contributed by atoms with E-state index in [2.05, 4.69) is 15.7 Å². The number of ether oxygens (including phenoxy) is 4. The zero-order valence-corrected chi connectivity index (χ0v) is 28.7. The number of sulfonamides is 1. The van der Waals surface area contributed by atoms with Crippen molar-refractivity contribution in [1.82, 2.24) is 4.72 Å². The predicted octanol–water partition coefficient (Wildman–Crippen LogP) is 5.79. The minimum atomic E-state index is -4.06. The van der Waals surface area contributed by atoms with Crippen LogP contribution in [0, 0.1) is 17.8 Å². The van der Waals surface area contributed by atoms with Gasteiger partial charge in [-0.05, 0) is 97.7 Å². The third-order valence-corrected chi connectivity index (χ3v) is 11.7. The van der Waals surface area contributed by atoms with Gasteiger partial charge in [-0.3, -0.25) is 4.79 Å². The number of halogens is 1. The summed E-state index contributed by atoms with van der Waals surface area (Å²) < 4.78 is 52.9. The minimum Gasteiger partial charge on any atom is -0.487 e. The molecular formula is C35H47ClN2O7S. The van der Waals surface area contributed by atoms with Crippen molar-refractivity contribution in [3.05, 3.63) is 70.3 Å². The first-order chi connectivity index (χ1) is 22.2. The average Bonchev–Trinajstić information content (AvgIpc) is 3.04. The summed E-state index contributed by atoms with van der Waals surface area (Å²) in [6.07, 6.45) is 9.40. The fraction of sp³-hybridized carbons (Fsp3) is 0.571. The van der Waals surface area contributed by atoms with E-state index in [1.54, 1.807) is 25.3 Å². The maximum Gasteiger partial charge on any atom is 0.264 e. The molecule has 1 amide bonds. The van der Waals surface area contributed by atoms with Gasteiger partial charge in [0.2, 0.25) is 10.0 Å². The zero-order valence-electron chi connectivity index (χ0n) is 27.1. The number of benzene rings is 2. The highest BCUT2D eigenvalue weighted by Crippen LogP contribution is 2.42. The predicted molar refractivity (Wildman–Crippen MR) is 180 cm³/mol. The molecule has 46 heavy (non-hydrogen) atoms. The number of anilines is 1. The van der Waals surface area contributed by atoms with E-state index >= 15 is 0 Å². The van der Waals surface area contributed by atoms with Crippen LogP contribution in [0.15, 0.2) is 48.6 Å². The number of fused-ring (bicyclic) bond motifs is 3. The number of nitrogens with zero attached hydrogens (tertiary/aromatic N) is 1. The van der Waals surface area contributed by atoms with E-state index in [1.807, 2.05) is 31.2 Å². The number of hydrogen-bond acceptors (Lipinski definition) is 8. The monoisotopic (exact) mass is 674 g/mol. The van der Waals surface area contributed by atoms with E-state index < -0.39 is 21.2 Å². The molecule has 1 N–H and O–H groups in total. The molecule has 0 unspecified atom stereocenters. The number of hydrogen-bond donors (Lipinski definition) is 1. The molecule has 3 aliphatic rings. The first-order valence-corrected chi connectivity index (χ1v) is 18.2. The summed E-state index contributed by atoms with van der Waals surface area (Å²) in [5.74, 6) is 0.352. The Kier molecular flexibility index (Phi) is 12.1. The van der Waals surface area contributed by atoms with E-state index in [0.29, 0.717) is 48.8 Å². The van der Waals surface area contributed by atoms with Gasteiger partial charge in [0.25, 0.3) is 5.91 Å². The SMILES string of the molecule is COCCO[C@H]1/C=C/C[C@H](C)[C@H](COC)S(=O)(=O)NC(=O)c2ccc3c(c2)N(CCCCc2cc(Cl)ccc2CO3)C[C@@H]2CC[C@H]21. The number of aryl methyl sites for hydroxylation is 1. The van der Waals surface area contributed by atoms with Crippen molar-refractivity contribution in [3.8, 4) is 5.75 Å². The van der Waals surface area contributed by atoms with Crippen LogP contribution in [0.2, 0.25) is 5.02 Å². The maximum absolute atomic E-state index is 13.6. The molecule has 1 aliphatic carbocycles. The lowest BCUT2D eigenvalue weighted by Crippen LogP contribution is -2.45. The van der Waals surface area contributed by atoms with Gasteiger partial charge in [-0.2, -0.15) is 0 Å². The number of allylic oxidation sites excluding steroid dienone is 1. The van der Waals surface area contributed by atoms with E-state index in [9.17, 15) is 13.2 Å². The zero-order chi connectivity index (χ0) is 32.7. The molecule has 5 rings (SSSR count). The van der Waals surface area contributed by atoms with Gasteiger partial charge < -0.3 is 23.8 Å². The summed E-state index contributed by atoms with van der Waals surface area (Å²) in [5.41, 5.74) is 3.30. The number of amides is 1. The Hall–Kier alpha value is -2.63. The lowest BCUT2D eigenvalue weighted by Gasteiger charge is -2.44. The molecule has 0 saturated heterocycles. The van der Waals surface area contributed by atoms with Crippen LogP contribution in [0.25, 0.3) is 0 Å². The van der Waals surface area contributed by atoms with Crippen LogP contribution in [-0.2, 0) is 37.3 Å². The highest BCUT2D eigenvalue weighted by molar-refractivity contribution is 7.90. The van der Waals surface area contributed by atoms with E-state index in [-0.39, 0.29) is 24.2 Å². The smallest absolute Gasteiger partial charge is 0.264 e. The molecule has 5 atom stereocenters. The van der Waals surface area contributed by atoms with Crippen molar-refractivity contribution in [2.24, 2.45) is 17.8 Å². The molecule has 252 valence electrons. The summed E-state index contributed by atoms with van der Waals surface area (Å²) in [6.45, 7) is 4.70. The van der Waals surface area contributed by atoms with E-state index in [1.165, 1.54) is 12.7 Å². The fourth-order valence-electron chi connectivity index (χ4n) is 6.77. The largest absolute Gasteiger partial charge is 0.487 e. The molecule has 0 spiro atoms. The third-order valence-electron chi connectivity index (χ3n) is 9.62. The van der Waals surface area contributed by atoms with Crippen molar-refractivity contribution in [2.45, 2.75) is 63.4 Å². The normalized spacial score (nSPS) is 27.5. The number of methoxy groups -OCH3 is 2. The van der Waals surface area contributed by atoms with Crippen LogP contribution < -0.4 is 14.4 Å². The van der Waals surface area contributed by atoms with Gasteiger partial charge in [0.15, 0.2) is 0 Å². The molecule has 2 bridgehead atoms. The van der Waals surface area contributed by atoms with Gasteiger partial charge in [-0.25, -0.2) is 13.1 Å². The molecule has 1 saturated carbocycles. The van der Waals surface area contributed by atoms with E-state index in [4.69, 9.17) is 30.5 Å². The summed E-state index contributed by atoms with van der Waals surface area (Å²) in [7, 11) is -0.927. The number of nitrogens with one attached hydrogen (secondary N) is 1. The van der Waals surface area contributed by atoms with Gasteiger partial charge >= 0.3 is 0 Å². The van der Waals surface area contributed by atoms with Crippen LogP contribution in [0.4, 0.5) is 5.69 Å². The second kappa shape index (κ2) is 16.0. The van der Waals surface area contributed by atoms with Gasteiger partial charge in [-0.1, -0.05) is 36.7 Å². The number of carbonyl (C=O) groups is 1. The summed E-state index contributed by atoms with van der Waals surface area (Å²) in [5, 5.41) is -0.211. The molecular weight excluding hydrogens is 628 g/mol. The summed E-state index contributed by atoms with van der Waals surface area (Å²) >= 11 is 6.34. The Morgan fingerprint density at radius 1 is 1.04 bits per heavy atom. The average molecular weight is 675 g/mol. The Morgan fingerprint density at radius 3 is 2.65 bits per heavy atom. The van der Waals surface area contributed by atoms with Crippen LogP contribution in [0.5, 0.6) is 5.75 Å². The number of rotatable bonds is 6. The van der Waals surface area contributed by atoms with Gasteiger partial charge in [-0.15, -0.1) is 0 Å². The van der Waals surface area contributed by atoms with Crippen molar-refractivity contribution in [3.63, 3.8) is 0 Å². The highest BCUT2D eigenvalue weighted by atomic mass is 35.5. The molecule has 2 heterocycles. The van der Waals surface area contributed by atoms with Crippen LogP contribution in [-0.4, -0.2) is 72.8 Å². The molecule has 11 heteroatoms. The topological polar surface area (TPSA) is 103 Å². The van der Waals surface area contributed by atoms with Crippen molar-refractivity contribution < 1.29 is 32.2 Å². The second-order valence-electron chi connectivity index (χ2n) is 12.7. The van der Waals surface area contributed by atoms with Crippen LogP contribution >= 0.6 is 11.6 Å². The van der Waals surface area contributed by atoms with Crippen molar-refractivity contribution >= 4 is 33.2 Å². The Bertz CT molecular complexity index is 1480. The van der Waals surface area contributed by atoms with Crippen LogP contribution in [0.1, 0.15) is 60.5 Å². The lowest BCUT2D eigenvalue weighted by molar-refractivity contribution is -0.0308. The Morgan fingerprint density at radius 2 is 1.89 bits per heavy atom. The van der Waals surface area contributed by atoms with Gasteiger partial charge in [0.1, 0.15) is 17.6 Å². The first kappa shape index (κ1) is 34.7.